The fourth-order valence-electron chi connectivity index (χ4n) is 2.35. The van der Waals surface area contributed by atoms with Crippen molar-refractivity contribution in [2.24, 2.45) is 11.8 Å². The molecule has 1 aliphatic rings. The molecule has 1 N–H and O–H groups in total. The molecule has 0 aromatic heterocycles. The highest BCUT2D eigenvalue weighted by Crippen LogP contribution is 2.38. The Hall–Kier alpha value is -1.51. The minimum atomic E-state index is 0.134. The summed E-state index contributed by atoms with van der Waals surface area (Å²) in [7, 11) is 3.79. The highest BCUT2D eigenvalue weighted by atomic mass is 16.2. The molecular formula is C15H22N2O. The van der Waals surface area contributed by atoms with Crippen LogP contribution in [0.25, 0.3) is 0 Å². The number of nitrogens with one attached hydrogen (secondary N) is 1. The van der Waals surface area contributed by atoms with Crippen LogP contribution in [-0.2, 0) is 0 Å². The van der Waals surface area contributed by atoms with Crippen molar-refractivity contribution in [1.82, 2.24) is 4.90 Å². The predicted octanol–water partition coefficient (Wildman–Crippen LogP) is 2.76. The van der Waals surface area contributed by atoms with Gasteiger partial charge < -0.3 is 10.2 Å². The van der Waals surface area contributed by atoms with Crippen LogP contribution in [-0.4, -0.2) is 31.4 Å². The van der Waals surface area contributed by atoms with Crippen LogP contribution in [0.3, 0.4) is 0 Å². The lowest BCUT2D eigenvalue weighted by Crippen LogP contribution is -2.29. The molecule has 2 unspecified atom stereocenters. The topological polar surface area (TPSA) is 32.3 Å². The largest absolute Gasteiger partial charge is 0.388 e. The molecule has 0 heterocycles. The standard InChI is InChI=1S/C15H22N2O/c1-10-7-12(10)9-17(4)15(18)14-6-5-13(16-3)8-11(14)2/h5-6,8,10,12,16H,7,9H2,1-4H3. The van der Waals surface area contributed by atoms with Gasteiger partial charge in [-0.25, -0.2) is 0 Å². The van der Waals surface area contributed by atoms with E-state index in [4.69, 9.17) is 0 Å². The van der Waals surface area contributed by atoms with E-state index in [9.17, 15) is 4.79 Å². The van der Waals surface area contributed by atoms with Crippen LogP contribution in [0.5, 0.6) is 0 Å². The summed E-state index contributed by atoms with van der Waals surface area (Å²) in [6.45, 7) is 5.12. The van der Waals surface area contributed by atoms with Gasteiger partial charge in [0.15, 0.2) is 0 Å². The minimum absolute atomic E-state index is 0.134. The first-order valence-electron chi connectivity index (χ1n) is 6.56. The second kappa shape index (κ2) is 5.01. The number of carbonyl (C=O) groups excluding carboxylic acids is 1. The van der Waals surface area contributed by atoms with Crippen molar-refractivity contribution in [3.8, 4) is 0 Å². The minimum Gasteiger partial charge on any atom is -0.388 e. The van der Waals surface area contributed by atoms with Crippen LogP contribution < -0.4 is 5.32 Å². The van der Waals surface area contributed by atoms with Crippen LogP contribution in [0.1, 0.15) is 29.3 Å². The lowest BCUT2D eigenvalue weighted by atomic mass is 10.1. The number of hydrogen-bond acceptors (Lipinski definition) is 2. The summed E-state index contributed by atoms with van der Waals surface area (Å²) in [6, 6.07) is 5.88. The van der Waals surface area contributed by atoms with Crippen LogP contribution in [0.2, 0.25) is 0 Å². The van der Waals surface area contributed by atoms with Crippen LogP contribution in [0.15, 0.2) is 18.2 Å². The van der Waals surface area contributed by atoms with E-state index in [0.717, 1.165) is 29.3 Å². The predicted molar refractivity (Wildman–Crippen MR) is 75.0 cm³/mol. The number of nitrogens with zero attached hydrogens (tertiary/aromatic N) is 1. The molecular weight excluding hydrogens is 224 g/mol. The molecule has 3 nitrogen and oxygen atoms in total. The average molecular weight is 246 g/mol. The van der Waals surface area contributed by atoms with Gasteiger partial charge in [-0.05, 0) is 48.9 Å². The number of anilines is 1. The number of benzene rings is 1. The summed E-state index contributed by atoms with van der Waals surface area (Å²) < 4.78 is 0. The zero-order chi connectivity index (χ0) is 13.3. The van der Waals surface area contributed by atoms with E-state index in [1.165, 1.54) is 6.42 Å². The number of rotatable bonds is 4. The van der Waals surface area contributed by atoms with Crippen molar-refractivity contribution < 1.29 is 4.79 Å². The summed E-state index contributed by atoms with van der Waals surface area (Å²) in [6.07, 6.45) is 1.26. The van der Waals surface area contributed by atoms with Gasteiger partial charge in [-0.2, -0.15) is 0 Å². The number of amides is 1. The van der Waals surface area contributed by atoms with Gasteiger partial charge in [-0.15, -0.1) is 0 Å². The molecule has 1 fully saturated rings. The van der Waals surface area contributed by atoms with Crippen molar-refractivity contribution in [3.05, 3.63) is 29.3 Å². The SMILES string of the molecule is CNc1ccc(C(=O)N(C)CC2CC2C)c(C)c1. The molecule has 1 amide bonds. The molecule has 1 aromatic rings. The van der Waals surface area contributed by atoms with Crippen molar-refractivity contribution >= 4 is 11.6 Å². The summed E-state index contributed by atoms with van der Waals surface area (Å²) in [5.74, 6) is 1.62. The molecule has 0 aliphatic heterocycles. The molecule has 0 radical (unpaired) electrons. The van der Waals surface area contributed by atoms with Crippen molar-refractivity contribution in [1.29, 1.82) is 0 Å². The number of carbonyl (C=O) groups is 1. The Bertz CT molecular complexity index is 456. The Morgan fingerprint density at radius 2 is 2.17 bits per heavy atom. The van der Waals surface area contributed by atoms with Gasteiger partial charge in [0.05, 0.1) is 0 Å². The van der Waals surface area contributed by atoms with Crippen LogP contribution in [0, 0.1) is 18.8 Å². The van der Waals surface area contributed by atoms with Gasteiger partial charge in [0.2, 0.25) is 0 Å². The first kappa shape index (κ1) is 12.9. The van der Waals surface area contributed by atoms with Crippen LogP contribution >= 0.6 is 0 Å². The Morgan fingerprint density at radius 3 is 2.67 bits per heavy atom. The van der Waals surface area contributed by atoms with Gasteiger partial charge >= 0.3 is 0 Å². The normalized spacial score (nSPS) is 21.6. The fourth-order valence-corrected chi connectivity index (χ4v) is 2.35. The number of hydrogen-bond donors (Lipinski definition) is 1. The highest BCUT2D eigenvalue weighted by Gasteiger charge is 2.34. The molecule has 0 saturated heterocycles. The lowest BCUT2D eigenvalue weighted by molar-refractivity contribution is 0.0786. The van der Waals surface area contributed by atoms with Gasteiger partial charge in [-0.1, -0.05) is 6.92 Å². The maximum Gasteiger partial charge on any atom is 0.253 e. The highest BCUT2D eigenvalue weighted by molar-refractivity contribution is 5.96. The second-order valence-corrected chi connectivity index (χ2v) is 5.44. The molecule has 1 saturated carbocycles. The van der Waals surface area contributed by atoms with Crippen molar-refractivity contribution in [3.63, 3.8) is 0 Å². The Morgan fingerprint density at radius 1 is 1.50 bits per heavy atom. The van der Waals surface area contributed by atoms with E-state index in [2.05, 4.69) is 12.2 Å². The first-order chi connectivity index (χ1) is 8.52. The summed E-state index contributed by atoms with van der Waals surface area (Å²) in [4.78, 5) is 14.2. The Balaban J connectivity index is 2.07. The molecule has 3 heteroatoms. The van der Waals surface area contributed by atoms with Gasteiger partial charge in [0, 0.05) is 31.9 Å². The molecule has 0 spiro atoms. The summed E-state index contributed by atoms with van der Waals surface area (Å²) >= 11 is 0. The molecule has 2 rings (SSSR count). The first-order valence-corrected chi connectivity index (χ1v) is 6.56. The van der Waals surface area contributed by atoms with E-state index < -0.39 is 0 Å². The molecule has 0 bridgehead atoms. The van der Waals surface area contributed by atoms with E-state index in [0.29, 0.717) is 5.92 Å². The summed E-state index contributed by atoms with van der Waals surface area (Å²) in [5, 5.41) is 3.09. The number of aryl methyl sites for hydroxylation is 1. The third-order valence-electron chi connectivity index (χ3n) is 3.88. The molecule has 98 valence electrons. The third-order valence-corrected chi connectivity index (χ3v) is 3.88. The maximum absolute atomic E-state index is 12.3. The van der Waals surface area contributed by atoms with E-state index in [1.807, 2.05) is 44.1 Å². The van der Waals surface area contributed by atoms with E-state index >= 15 is 0 Å². The average Bonchev–Trinajstić information content (AvgIpc) is 3.03. The Labute approximate surface area is 109 Å². The maximum atomic E-state index is 12.3. The molecule has 18 heavy (non-hydrogen) atoms. The zero-order valence-corrected chi connectivity index (χ0v) is 11.7. The quantitative estimate of drug-likeness (QED) is 0.886. The van der Waals surface area contributed by atoms with Crippen molar-refractivity contribution in [2.75, 3.05) is 26.0 Å². The summed E-state index contributed by atoms with van der Waals surface area (Å²) in [5.41, 5.74) is 2.88. The lowest BCUT2D eigenvalue weighted by Gasteiger charge is -2.18. The third kappa shape index (κ3) is 2.66. The van der Waals surface area contributed by atoms with Crippen molar-refractivity contribution in [2.45, 2.75) is 20.3 Å². The van der Waals surface area contributed by atoms with Crippen LogP contribution in [0.4, 0.5) is 5.69 Å². The van der Waals surface area contributed by atoms with Gasteiger partial charge in [0.1, 0.15) is 0 Å². The molecule has 2 atom stereocenters. The smallest absolute Gasteiger partial charge is 0.253 e. The second-order valence-electron chi connectivity index (χ2n) is 5.44. The monoisotopic (exact) mass is 246 g/mol. The van der Waals surface area contributed by atoms with Gasteiger partial charge in [0.25, 0.3) is 5.91 Å². The molecule has 1 aromatic carbocycles. The molecule has 1 aliphatic carbocycles. The van der Waals surface area contributed by atoms with Gasteiger partial charge in [-0.3, -0.25) is 4.79 Å². The fraction of sp³-hybridized carbons (Fsp3) is 0.533. The van der Waals surface area contributed by atoms with E-state index in [-0.39, 0.29) is 5.91 Å². The zero-order valence-electron chi connectivity index (χ0n) is 11.7. The van der Waals surface area contributed by atoms with E-state index in [1.54, 1.807) is 0 Å². The Kier molecular flexibility index (Phi) is 3.60.